The van der Waals surface area contributed by atoms with Gasteiger partial charge in [-0.25, -0.2) is 4.39 Å². The number of carbonyl (C=O) groups excluding carboxylic acids is 1. The first kappa shape index (κ1) is 12.2. The van der Waals surface area contributed by atoms with Crippen LogP contribution in [0.1, 0.15) is 12.8 Å². The van der Waals surface area contributed by atoms with E-state index < -0.39 is 0 Å². The molecule has 0 heterocycles. The molecule has 1 aromatic carbocycles. The number of thioether (sulfide) groups is 1. The van der Waals surface area contributed by atoms with Crippen molar-refractivity contribution in [2.45, 2.75) is 23.8 Å². The second-order valence-electron chi connectivity index (χ2n) is 4.21. The molecule has 0 aromatic heterocycles. The number of hydrogen-bond acceptors (Lipinski definition) is 3. The third-order valence-electron chi connectivity index (χ3n) is 2.81. The van der Waals surface area contributed by atoms with Crippen LogP contribution in [0.25, 0.3) is 0 Å². The molecule has 1 fully saturated rings. The summed E-state index contributed by atoms with van der Waals surface area (Å²) in [6.07, 6.45) is 2.18. The molecule has 0 unspecified atom stereocenters. The minimum atomic E-state index is -0.329. The Morgan fingerprint density at radius 3 is 2.94 bits per heavy atom. The number of hydrogen-bond donors (Lipinski definition) is 1. The molecule has 0 bridgehead atoms. The van der Waals surface area contributed by atoms with E-state index in [-0.39, 0.29) is 11.7 Å². The molecule has 1 aliphatic rings. The average molecular weight is 254 g/mol. The SMILES string of the molecule is CN(C(=O)CSc1cc(F)ccc1N)C1CC1. The van der Waals surface area contributed by atoms with Crippen LogP contribution in [0.5, 0.6) is 0 Å². The molecule has 1 saturated carbocycles. The molecular formula is C12H15FN2OS. The van der Waals surface area contributed by atoms with E-state index in [4.69, 9.17) is 5.73 Å². The number of benzene rings is 1. The fraction of sp³-hybridized carbons (Fsp3) is 0.417. The molecule has 2 N–H and O–H groups in total. The zero-order valence-electron chi connectivity index (χ0n) is 9.65. The normalized spacial score (nSPS) is 14.7. The maximum Gasteiger partial charge on any atom is 0.232 e. The fourth-order valence-corrected chi connectivity index (χ4v) is 2.45. The summed E-state index contributed by atoms with van der Waals surface area (Å²) in [5.74, 6) is 0.0477. The van der Waals surface area contributed by atoms with Crippen molar-refractivity contribution in [3.05, 3.63) is 24.0 Å². The maximum atomic E-state index is 13.0. The molecule has 2 rings (SSSR count). The van der Waals surface area contributed by atoms with Crippen LogP contribution in [0.15, 0.2) is 23.1 Å². The number of halogens is 1. The Morgan fingerprint density at radius 2 is 2.29 bits per heavy atom. The third-order valence-corrected chi connectivity index (χ3v) is 3.87. The summed E-state index contributed by atoms with van der Waals surface area (Å²) in [4.78, 5) is 14.2. The molecule has 1 amide bonds. The van der Waals surface area contributed by atoms with Crippen LogP contribution >= 0.6 is 11.8 Å². The van der Waals surface area contributed by atoms with Crippen molar-refractivity contribution >= 4 is 23.4 Å². The molecule has 0 atom stereocenters. The standard InChI is InChI=1S/C12H15FN2OS/c1-15(9-3-4-9)12(16)7-17-11-6-8(13)2-5-10(11)14/h2,5-6,9H,3-4,7,14H2,1H3. The van der Waals surface area contributed by atoms with Crippen molar-refractivity contribution in [2.24, 2.45) is 0 Å². The van der Waals surface area contributed by atoms with E-state index >= 15 is 0 Å². The highest BCUT2D eigenvalue weighted by atomic mass is 32.2. The summed E-state index contributed by atoms with van der Waals surface area (Å²) in [5.41, 5.74) is 6.22. The zero-order valence-corrected chi connectivity index (χ0v) is 10.5. The van der Waals surface area contributed by atoms with Crippen molar-refractivity contribution in [3.63, 3.8) is 0 Å². The van der Waals surface area contributed by atoms with Crippen LogP contribution in [-0.4, -0.2) is 29.6 Å². The van der Waals surface area contributed by atoms with Crippen molar-refractivity contribution in [1.29, 1.82) is 0 Å². The third kappa shape index (κ3) is 3.12. The van der Waals surface area contributed by atoms with E-state index in [1.165, 1.54) is 30.0 Å². The van der Waals surface area contributed by atoms with E-state index in [0.717, 1.165) is 12.8 Å². The van der Waals surface area contributed by atoms with Gasteiger partial charge in [-0.1, -0.05) is 0 Å². The summed E-state index contributed by atoms with van der Waals surface area (Å²) in [5, 5.41) is 0. The highest BCUT2D eigenvalue weighted by Gasteiger charge is 2.29. The number of anilines is 1. The molecule has 17 heavy (non-hydrogen) atoms. The molecule has 5 heteroatoms. The first-order valence-electron chi connectivity index (χ1n) is 5.51. The van der Waals surface area contributed by atoms with Crippen LogP contribution in [0.2, 0.25) is 0 Å². The van der Waals surface area contributed by atoms with Crippen molar-refractivity contribution in [3.8, 4) is 0 Å². The predicted molar refractivity (Wildman–Crippen MR) is 67.3 cm³/mol. The van der Waals surface area contributed by atoms with Crippen molar-refractivity contribution < 1.29 is 9.18 Å². The van der Waals surface area contributed by atoms with Gasteiger partial charge in [-0.2, -0.15) is 0 Å². The van der Waals surface area contributed by atoms with Gasteiger partial charge in [0.1, 0.15) is 5.82 Å². The van der Waals surface area contributed by atoms with Gasteiger partial charge in [0.25, 0.3) is 0 Å². The lowest BCUT2D eigenvalue weighted by Gasteiger charge is -2.16. The van der Waals surface area contributed by atoms with E-state index in [0.29, 0.717) is 22.4 Å². The second kappa shape index (κ2) is 4.96. The van der Waals surface area contributed by atoms with Crippen LogP contribution < -0.4 is 5.73 Å². The molecule has 0 aliphatic heterocycles. The van der Waals surface area contributed by atoms with Gasteiger partial charge in [-0.05, 0) is 31.0 Å². The van der Waals surface area contributed by atoms with E-state index in [2.05, 4.69) is 0 Å². The number of nitrogens with two attached hydrogens (primary N) is 1. The Bertz CT molecular complexity index is 435. The van der Waals surface area contributed by atoms with E-state index in [1.54, 1.807) is 4.90 Å². The number of carbonyl (C=O) groups is 1. The Kier molecular flexibility index (Phi) is 3.57. The molecule has 1 aliphatic carbocycles. The minimum absolute atomic E-state index is 0.0705. The number of rotatable bonds is 4. The summed E-state index contributed by atoms with van der Waals surface area (Å²) in [7, 11) is 1.81. The van der Waals surface area contributed by atoms with Crippen LogP contribution in [-0.2, 0) is 4.79 Å². The number of nitrogens with zero attached hydrogens (tertiary/aromatic N) is 1. The van der Waals surface area contributed by atoms with Gasteiger partial charge in [0.2, 0.25) is 5.91 Å². The van der Waals surface area contributed by atoms with Gasteiger partial charge in [0, 0.05) is 23.7 Å². The fourth-order valence-electron chi connectivity index (χ4n) is 1.54. The van der Waals surface area contributed by atoms with Gasteiger partial charge >= 0.3 is 0 Å². The maximum absolute atomic E-state index is 13.0. The lowest BCUT2D eigenvalue weighted by Crippen LogP contribution is -2.30. The molecule has 0 radical (unpaired) electrons. The monoisotopic (exact) mass is 254 g/mol. The van der Waals surface area contributed by atoms with Crippen LogP contribution in [0, 0.1) is 5.82 Å². The highest BCUT2D eigenvalue weighted by molar-refractivity contribution is 8.00. The molecule has 3 nitrogen and oxygen atoms in total. The van der Waals surface area contributed by atoms with Crippen molar-refractivity contribution in [1.82, 2.24) is 4.90 Å². The summed E-state index contributed by atoms with van der Waals surface area (Å²) in [6.45, 7) is 0. The van der Waals surface area contributed by atoms with Gasteiger partial charge in [0.05, 0.1) is 5.75 Å². The summed E-state index contributed by atoms with van der Waals surface area (Å²) >= 11 is 1.29. The van der Waals surface area contributed by atoms with Gasteiger partial charge in [-0.3, -0.25) is 4.79 Å². The quantitative estimate of drug-likeness (QED) is 0.661. The Balaban J connectivity index is 1.92. The van der Waals surface area contributed by atoms with Crippen molar-refractivity contribution in [2.75, 3.05) is 18.5 Å². The molecule has 0 spiro atoms. The average Bonchev–Trinajstić information content (AvgIpc) is 3.13. The topological polar surface area (TPSA) is 46.3 Å². The van der Waals surface area contributed by atoms with E-state index in [9.17, 15) is 9.18 Å². The summed E-state index contributed by atoms with van der Waals surface area (Å²) < 4.78 is 13.0. The Morgan fingerprint density at radius 1 is 1.59 bits per heavy atom. The van der Waals surface area contributed by atoms with Gasteiger partial charge in [-0.15, -0.1) is 11.8 Å². The molecular weight excluding hydrogens is 239 g/mol. The number of nitrogen functional groups attached to an aromatic ring is 1. The lowest BCUT2D eigenvalue weighted by molar-refractivity contribution is -0.127. The molecule has 0 saturated heterocycles. The van der Waals surface area contributed by atoms with Crippen LogP contribution in [0.3, 0.4) is 0 Å². The largest absolute Gasteiger partial charge is 0.398 e. The lowest BCUT2D eigenvalue weighted by atomic mass is 10.3. The zero-order chi connectivity index (χ0) is 12.4. The Labute approximate surface area is 104 Å². The molecule has 1 aromatic rings. The highest BCUT2D eigenvalue weighted by Crippen LogP contribution is 2.29. The van der Waals surface area contributed by atoms with E-state index in [1.807, 2.05) is 7.05 Å². The van der Waals surface area contributed by atoms with Gasteiger partial charge in [0.15, 0.2) is 0 Å². The summed E-state index contributed by atoms with van der Waals surface area (Å²) in [6, 6.07) is 4.61. The van der Waals surface area contributed by atoms with Gasteiger partial charge < -0.3 is 10.6 Å². The Hall–Kier alpha value is -1.23. The first-order chi connectivity index (χ1) is 8.08. The predicted octanol–water partition coefficient (Wildman–Crippen LogP) is 2.12. The smallest absolute Gasteiger partial charge is 0.232 e. The minimum Gasteiger partial charge on any atom is -0.398 e. The molecule has 92 valence electrons. The first-order valence-corrected chi connectivity index (χ1v) is 6.50. The van der Waals surface area contributed by atoms with Crippen LogP contribution in [0.4, 0.5) is 10.1 Å². The second-order valence-corrected chi connectivity index (χ2v) is 5.22. The number of amides is 1.